The Morgan fingerprint density at radius 3 is 2.60 bits per heavy atom. The highest BCUT2D eigenvalue weighted by molar-refractivity contribution is 9.10. The van der Waals surface area contributed by atoms with E-state index in [1.807, 2.05) is 0 Å². The number of nitrogen functional groups attached to an aromatic ring is 1. The van der Waals surface area contributed by atoms with Gasteiger partial charge in [-0.05, 0) is 41.9 Å². The lowest BCUT2D eigenvalue weighted by Crippen LogP contribution is -2.15. The number of benzene rings is 1. The van der Waals surface area contributed by atoms with Crippen molar-refractivity contribution in [3.63, 3.8) is 0 Å². The molecule has 0 amide bonds. The predicted octanol–water partition coefficient (Wildman–Crippen LogP) is 2.58. The van der Waals surface area contributed by atoms with E-state index < -0.39 is 15.8 Å². The molecule has 3 N–H and O–H groups in total. The molecule has 20 heavy (non-hydrogen) atoms. The Bertz CT molecular complexity index is 773. The van der Waals surface area contributed by atoms with Crippen molar-refractivity contribution in [1.82, 2.24) is 5.16 Å². The van der Waals surface area contributed by atoms with Crippen molar-refractivity contribution >= 4 is 37.5 Å². The molecule has 0 spiro atoms. The first kappa shape index (κ1) is 14.8. The molecule has 0 bridgehead atoms. The van der Waals surface area contributed by atoms with Gasteiger partial charge in [0.25, 0.3) is 10.0 Å². The maximum Gasteiger partial charge on any atom is 0.266 e. The van der Waals surface area contributed by atoms with Gasteiger partial charge >= 0.3 is 0 Å². The molecule has 108 valence electrons. The van der Waals surface area contributed by atoms with Gasteiger partial charge in [-0.15, -0.1) is 0 Å². The van der Waals surface area contributed by atoms with Crippen LogP contribution in [-0.2, 0) is 10.0 Å². The van der Waals surface area contributed by atoms with Crippen LogP contribution in [0.25, 0.3) is 0 Å². The number of aryl methyl sites for hydroxylation is 1. The minimum Gasteiger partial charge on any atom is -0.398 e. The molecule has 0 aliphatic carbocycles. The van der Waals surface area contributed by atoms with Crippen molar-refractivity contribution in [2.45, 2.75) is 18.7 Å². The Morgan fingerprint density at radius 2 is 2.05 bits per heavy atom. The third kappa shape index (κ3) is 2.63. The first-order valence-electron chi connectivity index (χ1n) is 5.42. The Balaban J connectivity index is 2.46. The molecule has 0 aliphatic heterocycles. The van der Waals surface area contributed by atoms with Crippen molar-refractivity contribution in [2.75, 3.05) is 10.5 Å². The van der Waals surface area contributed by atoms with Crippen LogP contribution < -0.4 is 10.5 Å². The van der Waals surface area contributed by atoms with Gasteiger partial charge in [0.15, 0.2) is 0 Å². The fourth-order valence-corrected chi connectivity index (χ4v) is 3.15. The Morgan fingerprint density at radius 1 is 1.40 bits per heavy atom. The number of rotatable bonds is 3. The van der Waals surface area contributed by atoms with Crippen LogP contribution in [0.4, 0.5) is 16.0 Å². The van der Waals surface area contributed by atoms with Gasteiger partial charge in [0, 0.05) is 5.56 Å². The number of hydrogen-bond donors (Lipinski definition) is 2. The minimum atomic E-state index is -4.00. The van der Waals surface area contributed by atoms with Crippen molar-refractivity contribution in [2.24, 2.45) is 0 Å². The van der Waals surface area contributed by atoms with Gasteiger partial charge in [0.1, 0.15) is 10.7 Å². The van der Waals surface area contributed by atoms with E-state index in [1.165, 1.54) is 0 Å². The van der Waals surface area contributed by atoms with Gasteiger partial charge in [0.05, 0.1) is 15.9 Å². The summed E-state index contributed by atoms with van der Waals surface area (Å²) >= 11 is 2.92. The van der Waals surface area contributed by atoms with Gasteiger partial charge in [-0.1, -0.05) is 5.16 Å². The van der Waals surface area contributed by atoms with E-state index in [4.69, 9.17) is 10.3 Å². The molecule has 0 unspecified atom stereocenters. The summed E-state index contributed by atoms with van der Waals surface area (Å²) in [5.74, 6) is -0.643. The number of halogens is 2. The minimum absolute atomic E-state index is 0.00217. The van der Waals surface area contributed by atoms with Crippen LogP contribution in [0.5, 0.6) is 0 Å². The first-order valence-corrected chi connectivity index (χ1v) is 7.70. The second kappa shape index (κ2) is 5.06. The number of nitrogens with one attached hydrogen (secondary N) is 1. The van der Waals surface area contributed by atoms with Crippen LogP contribution in [0.2, 0.25) is 0 Å². The third-order valence-corrected chi connectivity index (χ3v) is 4.72. The summed E-state index contributed by atoms with van der Waals surface area (Å²) in [6.07, 6.45) is 0. The maximum atomic E-state index is 13.3. The van der Waals surface area contributed by atoms with E-state index in [-0.39, 0.29) is 20.9 Å². The quantitative estimate of drug-likeness (QED) is 0.816. The van der Waals surface area contributed by atoms with E-state index in [2.05, 4.69) is 25.8 Å². The van der Waals surface area contributed by atoms with Gasteiger partial charge in [-0.3, -0.25) is 0 Å². The van der Waals surface area contributed by atoms with E-state index in [9.17, 15) is 12.8 Å². The van der Waals surface area contributed by atoms with Crippen LogP contribution in [-0.4, -0.2) is 13.6 Å². The smallest absolute Gasteiger partial charge is 0.266 e. The predicted molar refractivity (Wildman–Crippen MR) is 75.3 cm³/mol. The second-order valence-electron chi connectivity index (χ2n) is 4.13. The maximum absolute atomic E-state index is 13.3. The standard InChI is InChI=1S/C11H11BrFN3O3S/c1-5-6(2)15-19-11(5)16-20(17,18)10-3-7(12)8(13)4-9(10)14/h3-4,16H,14H2,1-2H3. The monoisotopic (exact) mass is 363 g/mol. The molecule has 2 rings (SSSR count). The molecule has 0 saturated carbocycles. The summed E-state index contributed by atoms with van der Waals surface area (Å²) in [7, 11) is -4.00. The zero-order valence-electron chi connectivity index (χ0n) is 10.6. The highest BCUT2D eigenvalue weighted by Gasteiger charge is 2.23. The lowest BCUT2D eigenvalue weighted by atomic mass is 10.3. The summed E-state index contributed by atoms with van der Waals surface area (Å²) < 4.78 is 44.8. The highest BCUT2D eigenvalue weighted by Crippen LogP contribution is 2.28. The molecule has 0 aliphatic rings. The number of hydrogen-bond acceptors (Lipinski definition) is 5. The number of aromatic nitrogens is 1. The number of nitrogens with zero attached hydrogens (tertiary/aromatic N) is 1. The summed E-state index contributed by atoms with van der Waals surface area (Å²) in [4.78, 5) is -0.251. The number of sulfonamides is 1. The zero-order chi connectivity index (χ0) is 15.1. The molecule has 6 nitrogen and oxygen atoms in total. The molecular weight excluding hydrogens is 353 g/mol. The molecule has 1 heterocycles. The molecule has 2 aromatic rings. The fraction of sp³-hybridized carbons (Fsp3) is 0.182. The SMILES string of the molecule is Cc1noc(NS(=O)(=O)c2cc(Br)c(F)cc2N)c1C. The summed E-state index contributed by atoms with van der Waals surface area (Å²) in [6.45, 7) is 3.34. The molecule has 0 fully saturated rings. The van der Waals surface area contributed by atoms with Crippen LogP contribution in [0.3, 0.4) is 0 Å². The van der Waals surface area contributed by atoms with Crippen LogP contribution >= 0.6 is 15.9 Å². The van der Waals surface area contributed by atoms with Gasteiger partial charge < -0.3 is 10.3 Å². The molecule has 0 atom stereocenters. The van der Waals surface area contributed by atoms with E-state index in [1.54, 1.807) is 13.8 Å². The van der Waals surface area contributed by atoms with Crippen molar-refractivity contribution < 1.29 is 17.3 Å². The normalized spacial score (nSPS) is 11.6. The summed E-state index contributed by atoms with van der Waals surface area (Å²) in [5, 5.41) is 3.65. The number of nitrogens with two attached hydrogens (primary N) is 1. The Kier molecular flexibility index (Phi) is 3.74. The number of anilines is 2. The lowest BCUT2D eigenvalue weighted by molar-refractivity contribution is 0.430. The fourth-order valence-electron chi connectivity index (χ4n) is 1.46. The first-order chi connectivity index (χ1) is 9.22. The van der Waals surface area contributed by atoms with Gasteiger partial charge in [0.2, 0.25) is 5.88 Å². The van der Waals surface area contributed by atoms with Crippen molar-refractivity contribution in [3.8, 4) is 0 Å². The molecule has 1 aromatic heterocycles. The average Bonchev–Trinajstić information content (AvgIpc) is 2.65. The van der Waals surface area contributed by atoms with E-state index in [0.29, 0.717) is 11.3 Å². The molecule has 9 heteroatoms. The summed E-state index contributed by atoms with van der Waals surface area (Å²) in [5.41, 5.74) is 6.47. The van der Waals surface area contributed by atoms with E-state index in [0.717, 1.165) is 12.1 Å². The largest absolute Gasteiger partial charge is 0.398 e. The van der Waals surface area contributed by atoms with Crippen molar-refractivity contribution in [3.05, 3.63) is 33.7 Å². The summed E-state index contributed by atoms with van der Waals surface area (Å²) in [6, 6.07) is 2.02. The molecule has 0 saturated heterocycles. The van der Waals surface area contributed by atoms with Crippen LogP contribution in [0, 0.1) is 19.7 Å². The van der Waals surface area contributed by atoms with E-state index >= 15 is 0 Å². The molecule has 0 radical (unpaired) electrons. The van der Waals surface area contributed by atoms with Crippen LogP contribution in [0.15, 0.2) is 26.0 Å². The van der Waals surface area contributed by atoms with Crippen molar-refractivity contribution in [1.29, 1.82) is 0 Å². The average molecular weight is 364 g/mol. The topological polar surface area (TPSA) is 98.2 Å². The van der Waals surface area contributed by atoms with Crippen LogP contribution in [0.1, 0.15) is 11.3 Å². The lowest BCUT2D eigenvalue weighted by Gasteiger charge is -2.09. The van der Waals surface area contributed by atoms with Gasteiger partial charge in [-0.2, -0.15) is 0 Å². The Hall–Kier alpha value is -1.61. The third-order valence-electron chi connectivity index (χ3n) is 2.73. The zero-order valence-corrected chi connectivity index (χ0v) is 13.0. The molecular formula is C11H11BrFN3O3S. The Labute approximate surface area is 123 Å². The second-order valence-corrected chi connectivity index (χ2v) is 6.64. The highest BCUT2D eigenvalue weighted by atomic mass is 79.9. The van der Waals surface area contributed by atoms with Gasteiger partial charge in [-0.25, -0.2) is 17.5 Å². The molecule has 1 aromatic carbocycles.